The number of hydrazone groups is 1. The van der Waals surface area contributed by atoms with Crippen molar-refractivity contribution in [2.24, 2.45) is 5.10 Å². The Labute approximate surface area is 116 Å². The third-order valence-corrected chi connectivity index (χ3v) is 3.87. The number of H-pyrrole nitrogens is 1. The number of aromatic nitrogens is 2. The zero-order valence-electron chi connectivity index (χ0n) is 11.2. The van der Waals surface area contributed by atoms with Gasteiger partial charge in [0.2, 0.25) is 5.95 Å². The molecule has 0 amide bonds. The summed E-state index contributed by atoms with van der Waals surface area (Å²) in [5, 5.41) is 6.66. The van der Waals surface area contributed by atoms with E-state index in [4.69, 9.17) is 0 Å². The summed E-state index contributed by atoms with van der Waals surface area (Å²) in [6.45, 7) is 0. The average Bonchev–Trinajstić information content (AvgIpc) is 3.08. The lowest BCUT2D eigenvalue weighted by Crippen LogP contribution is -2.26. The molecule has 0 spiro atoms. The molecule has 2 aliphatic carbocycles. The maximum atomic E-state index is 4.52. The van der Waals surface area contributed by atoms with E-state index in [2.05, 4.69) is 56.9 Å². The van der Waals surface area contributed by atoms with E-state index in [0.717, 1.165) is 48.0 Å². The lowest BCUT2D eigenvalue weighted by Gasteiger charge is -2.00. The van der Waals surface area contributed by atoms with E-state index in [9.17, 15) is 0 Å². The Hall–Kier alpha value is -2.36. The number of fused-ring (bicyclic) bond motifs is 2. The van der Waals surface area contributed by atoms with Gasteiger partial charge in [-0.2, -0.15) is 5.10 Å². The second-order valence-electron chi connectivity index (χ2n) is 5.20. The van der Waals surface area contributed by atoms with E-state index in [1.165, 1.54) is 11.1 Å². The summed E-state index contributed by atoms with van der Waals surface area (Å²) in [5.74, 6) is 0.723. The van der Waals surface area contributed by atoms with E-state index in [1.807, 2.05) is 0 Å². The molecule has 1 aromatic carbocycles. The quantitative estimate of drug-likeness (QED) is 0.808. The molecule has 0 saturated heterocycles. The average molecular weight is 264 g/mol. The van der Waals surface area contributed by atoms with Crippen LogP contribution in [0, 0.1) is 0 Å². The molecular formula is C16H16N4. The van der Waals surface area contributed by atoms with Crippen LogP contribution in [-0.2, 0) is 6.42 Å². The molecule has 2 aromatic rings. The van der Waals surface area contributed by atoms with Crippen molar-refractivity contribution in [3.63, 3.8) is 0 Å². The molecule has 0 atom stereocenters. The summed E-state index contributed by atoms with van der Waals surface area (Å²) in [4.78, 5) is 7.77. The highest BCUT2D eigenvalue weighted by Crippen LogP contribution is 2.21. The van der Waals surface area contributed by atoms with Crippen LogP contribution < -0.4 is 16.1 Å². The van der Waals surface area contributed by atoms with E-state index in [1.54, 1.807) is 0 Å². The molecule has 1 aromatic heterocycles. The summed E-state index contributed by atoms with van der Waals surface area (Å²) >= 11 is 0. The molecule has 4 heteroatoms. The molecule has 0 aliphatic heterocycles. The topological polar surface area (TPSA) is 53.1 Å². The normalized spacial score (nSPS) is 18.1. The molecular weight excluding hydrogens is 248 g/mol. The Balaban J connectivity index is 1.62. The highest BCUT2D eigenvalue weighted by molar-refractivity contribution is 6.04. The molecule has 4 rings (SSSR count). The van der Waals surface area contributed by atoms with Gasteiger partial charge in [0.25, 0.3) is 0 Å². The van der Waals surface area contributed by atoms with Gasteiger partial charge in [0.15, 0.2) is 0 Å². The fraction of sp³-hybridized carbons (Fsp3) is 0.250. The molecule has 0 bridgehead atoms. The number of imidazole rings is 1. The highest BCUT2D eigenvalue weighted by atomic mass is 15.4. The second kappa shape index (κ2) is 4.63. The molecule has 1 heterocycles. The first-order valence-electron chi connectivity index (χ1n) is 7.07. The number of aromatic amines is 1. The maximum Gasteiger partial charge on any atom is 0.222 e. The number of hydrogen-bond acceptors (Lipinski definition) is 3. The number of hydrogen-bond donors (Lipinski definition) is 2. The Morgan fingerprint density at radius 2 is 2.00 bits per heavy atom. The maximum absolute atomic E-state index is 4.52. The molecule has 0 radical (unpaired) electrons. The minimum Gasteiger partial charge on any atom is -0.323 e. The van der Waals surface area contributed by atoms with Gasteiger partial charge in [-0.05, 0) is 31.2 Å². The van der Waals surface area contributed by atoms with Gasteiger partial charge in [0, 0.05) is 5.56 Å². The predicted molar refractivity (Wildman–Crippen MR) is 80.9 cm³/mol. The second-order valence-corrected chi connectivity index (χ2v) is 5.20. The lowest BCUT2D eigenvalue weighted by atomic mass is 10.1. The van der Waals surface area contributed by atoms with Gasteiger partial charge < -0.3 is 4.98 Å². The number of nitrogens with one attached hydrogen (secondary N) is 2. The summed E-state index contributed by atoms with van der Waals surface area (Å²) in [6.07, 6.45) is 8.56. The van der Waals surface area contributed by atoms with E-state index in [-0.39, 0.29) is 0 Å². The summed E-state index contributed by atoms with van der Waals surface area (Å²) in [7, 11) is 0. The molecule has 4 nitrogen and oxygen atoms in total. The minimum absolute atomic E-state index is 0.723. The first-order valence-corrected chi connectivity index (χ1v) is 7.07. The molecule has 0 fully saturated rings. The van der Waals surface area contributed by atoms with Gasteiger partial charge in [0.05, 0.1) is 16.4 Å². The fourth-order valence-corrected chi connectivity index (χ4v) is 2.86. The van der Waals surface area contributed by atoms with Crippen molar-refractivity contribution in [1.29, 1.82) is 0 Å². The Bertz CT molecular complexity index is 765. The van der Waals surface area contributed by atoms with Crippen molar-refractivity contribution >= 4 is 23.8 Å². The number of benzene rings is 1. The van der Waals surface area contributed by atoms with Crippen LogP contribution in [0.5, 0.6) is 0 Å². The Morgan fingerprint density at radius 1 is 1.10 bits per heavy atom. The minimum atomic E-state index is 0.723. The molecule has 2 aliphatic rings. The first kappa shape index (κ1) is 11.5. The van der Waals surface area contributed by atoms with Crippen molar-refractivity contribution in [3.05, 3.63) is 46.1 Å². The van der Waals surface area contributed by atoms with Gasteiger partial charge in [0.1, 0.15) is 0 Å². The van der Waals surface area contributed by atoms with Gasteiger partial charge in [-0.3, -0.25) is 0 Å². The lowest BCUT2D eigenvalue weighted by molar-refractivity contribution is 1.08. The summed E-state index contributed by atoms with van der Waals surface area (Å²) in [6, 6.07) is 8.46. The Kier molecular flexibility index (Phi) is 2.66. The molecule has 2 N–H and O–H groups in total. The van der Waals surface area contributed by atoms with Crippen molar-refractivity contribution in [2.75, 3.05) is 5.43 Å². The molecule has 100 valence electrons. The van der Waals surface area contributed by atoms with Crippen molar-refractivity contribution in [3.8, 4) is 0 Å². The van der Waals surface area contributed by atoms with Crippen LogP contribution >= 0.6 is 0 Å². The number of anilines is 1. The summed E-state index contributed by atoms with van der Waals surface area (Å²) in [5.41, 5.74) is 6.82. The zero-order valence-corrected chi connectivity index (χ0v) is 11.2. The van der Waals surface area contributed by atoms with Crippen molar-refractivity contribution in [1.82, 2.24) is 9.97 Å². The number of nitrogens with zero attached hydrogens (tertiary/aromatic N) is 2. The molecule has 20 heavy (non-hydrogen) atoms. The predicted octanol–water partition coefficient (Wildman–Crippen LogP) is 1.53. The standard InChI is InChI=1S/C16H16N4/c1-2-6-12-11(5-1)9-10-13(12)19-20-16-17-14-7-3-4-8-15(14)18-16/h1-2,5-8H,3-4,9-10H2,(H2,17,18,20)/b19-13+. The van der Waals surface area contributed by atoms with E-state index < -0.39 is 0 Å². The van der Waals surface area contributed by atoms with Crippen molar-refractivity contribution in [2.45, 2.75) is 25.7 Å². The van der Waals surface area contributed by atoms with Crippen LogP contribution in [0.2, 0.25) is 0 Å². The van der Waals surface area contributed by atoms with Crippen LogP contribution in [0.25, 0.3) is 12.2 Å². The van der Waals surface area contributed by atoms with Gasteiger partial charge in [-0.15, -0.1) is 0 Å². The van der Waals surface area contributed by atoms with Gasteiger partial charge in [-0.25, -0.2) is 10.4 Å². The SMILES string of the molecule is C1=c2nc(N/N=C3\CCc4ccccc43)[nH]c2=CCC1. The number of aryl methyl sites for hydroxylation is 1. The van der Waals surface area contributed by atoms with Crippen LogP contribution in [0.4, 0.5) is 5.95 Å². The van der Waals surface area contributed by atoms with Crippen LogP contribution in [0.15, 0.2) is 29.4 Å². The van der Waals surface area contributed by atoms with Crippen LogP contribution in [0.1, 0.15) is 30.4 Å². The zero-order chi connectivity index (χ0) is 13.4. The Morgan fingerprint density at radius 3 is 2.95 bits per heavy atom. The van der Waals surface area contributed by atoms with E-state index in [0.29, 0.717) is 0 Å². The number of rotatable bonds is 2. The van der Waals surface area contributed by atoms with Crippen LogP contribution in [0.3, 0.4) is 0 Å². The van der Waals surface area contributed by atoms with Crippen molar-refractivity contribution < 1.29 is 0 Å². The fourth-order valence-electron chi connectivity index (χ4n) is 2.86. The first-order chi connectivity index (χ1) is 9.90. The van der Waals surface area contributed by atoms with E-state index >= 15 is 0 Å². The molecule has 0 unspecified atom stereocenters. The van der Waals surface area contributed by atoms with Crippen LogP contribution in [-0.4, -0.2) is 15.7 Å². The smallest absolute Gasteiger partial charge is 0.222 e. The highest BCUT2D eigenvalue weighted by Gasteiger charge is 2.16. The largest absolute Gasteiger partial charge is 0.323 e. The monoisotopic (exact) mass is 264 g/mol. The van der Waals surface area contributed by atoms with Gasteiger partial charge >= 0.3 is 0 Å². The summed E-state index contributed by atoms with van der Waals surface area (Å²) < 4.78 is 0. The third kappa shape index (κ3) is 1.93. The van der Waals surface area contributed by atoms with Gasteiger partial charge in [-0.1, -0.05) is 36.4 Å². The third-order valence-electron chi connectivity index (χ3n) is 3.87. The molecule has 0 saturated carbocycles.